The molecule has 0 spiro atoms. The van der Waals surface area contributed by atoms with Crippen molar-refractivity contribution in [2.45, 2.75) is 38.2 Å². The molecular weight excluding hydrogens is 208 g/mol. The number of halogens is 1. The van der Waals surface area contributed by atoms with Crippen LogP contribution in [0.4, 0.5) is 0 Å². The van der Waals surface area contributed by atoms with Gasteiger partial charge in [0.15, 0.2) is 0 Å². The molecule has 0 saturated heterocycles. The molecule has 0 heterocycles. The normalized spacial score (nSPS) is 13.4. The van der Waals surface area contributed by atoms with Crippen LogP contribution in [-0.2, 0) is 5.54 Å². The number of rotatable bonds is 3. The van der Waals surface area contributed by atoms with E-state index in [1.165, 1.54) is 0 Å². The average molecular weight is 225 g/mol. The van der Waals surface area contributed by atoms with Crippen LogP contribution in [0.2, 0.25) is 0 Å². The topological polar surface area (TPSA) is 24.7 Å². The van der Waals surface area contributed by atoms with Crippen molar-refractivity contribution in [2.24, 2.45) is 10.2 Å². The summed E-state index contributed by atoms with van der Waals surface area (Å²) in [6, 6.07) is 10.1. The molecule has 0 atom stereocenters. The molecule has 0 fully saturated rings. The summed E-state index contributed by atoms with van der Waals surface area (Å²) in [6.07, 6.45) is 0. The number of benzene rings is 1. The molecule has 0 N–H and O–H groups in total. The van der Waals surface area contributed by atoms with Crippen LogP contribution in [0, 0.1) is 0 Å². The standard InChI is InChI=1S/C12H17ClN2/c1-11(2,14-15-12(3,4)13)10-8-6-5-7-9-10/h5-9H,1-4H3. The summed E-state index contributed by atoms with van der Waals surface area (Å²) in [5, 5.41) is 8.39. The summed E-state index contributed by atoms with van der Waals surface area (Å²) in [6.45, 7) is 7.68. The predicted octanol–water partition coefficient (Wildman–Crippen LogP) is 4.35. The number of hydrogen-bond donors (Lipinski definition) is 0. The van der Waals surface area contributed by atoms with E-state index in [-0.39, 0.29) is 5.54 Å². The van der Waals surface area contributed by atoms with Gasteiger partial charge in [0.2, 0.25) is 0 Å². The number of azo groups is 1. The van der Waals surface area contributed by atoms with E-state index in [4.69, 9.17) is 11.6 Å². The molecular formula is C12H17ClN2. The minimum absolute atomic E-state index is 0.326. The van der Waals surface area contributed by atoms with Crippen LogP contribution < -0.4 is 0 Å². The molecule has 2 nitrogen and oxygen atoms in total. The van der Waals surface area contributed by atoms with Crippen LogP contribution in [0.3, 0.4) is 0 Å². The Labute approximate surface area is 96.4 Å². The molecule has 82 valence electrons. The third-order valence-electron chi connectivity index (χ3n) is 2.02. The lowest BCUT2D eigenvalue weighted by atomic mass is 9.96. The maximum atomic E-state index is 5.97. The molecule has 15 heavy (non-hydrogen) atoms. The second kappa shape index (κ2) is 4.31. The van der Waals surface area contributed by atoms with Gasteiger partial charge in [-0.25, -0.2) is 0 Å². The van der Waals surface area contributed by atoms with E-state index < -0.39 is 5.00 Å². The van der Waals surface area contributed by atoms with Crippen molar-refractivity contribution in [3.63, 3.8) is 0 Å². The lowest BCUT2D eigenvalue weighted by molar-refractivity contribution is 0.490. The molecule has 0 aliphatic heterocycles. The van der Waals surface area contributed by atoms with Crippen LogP contribution in [-0.4, -0.2) is 5.00 Å². The van der Waals surface area contributed by atoms with Gasteiger partial charge in [-0.2, -0.15) is 10.2 Å². The molecule has 0 bridgehead atoms. The summed E-state index contributed by atoms with van der Waals surface area (Å²) >= 11 is 5.97. The molecule has 1 aromatic carbocycles. The molecule has 1 aromatic rings. The molecule has 0 aromatic heterocycles. The molecule has 3 heteroatoms. The fraction of sp³-hybridized carbons (Fsp3) is 0.500. The monoisotopic (exact) mass is 224 g/mol. The van der Waals surface area contributed by atoms with Crippen LogP contribution in [0.15, 0.2) is 40.6 Å². The van der Waals surface area contributed by atoms with Gasteiger partial charge in [-0.1, -0.05) is 41.9 Å². The lowest BCUT2D eigenvalue weighted by Gasteiger charge is -2.20. The van der Waals surface area contributed by atoms with E-state index in [2.05, 4.69) is 10.2 Å². The summed E-state index contributed by atoms with van der Waals surface area (Å²) in [7, 11) is 0. The summed E-state index contributed by atoms with van der Waals surface area (Å²) in [5.74, 6) is 0. The zero-order valence-corrected chi connectivity index (χ0v) is 10.4. The van der Waals surface area contributed by atoms with Crippen molar-refractivity contribution in [3.05, 3.63) is 35.9 Å². The number of alkyl halides is 1. The van der Waals surface area contributed by atoms with Crippen LogP contribution in [0.5, 0.6) is 0 Å². The second-order valence-electron chi connectivity index (χ2n) is 4.53. The Morgan fingerprint density at radius 3 is 1.93 bits per heavy atom. The Morgan fingerprint density at radius 2 is 1.47 bits per heavy atom. The van der Waals surface area contributed by atoms with Gasteiger partial charge in [-0.15, -0.1) is 0 Å². The Hall–Kier alpha value is -0.890. The first-order chi connectivity index (χ1) is 6.81. The van der Waals surface area contributed by atoms with Crippen LogP contribution in [0.25, 0.3) is 0 Å². The second-order valence-corrected chi connectivity index (χ2v) is 5.46. The van der Waals surface area contributed by atoms with E-state index in [1.807, 2.05) is 58.0 Å². The quantitative estimate of drug-likeness (QED) is 0.414. The lowest BCUT2D eigenvalue weighted by Crippen LogP contribution is -2.15. The summed E-state index contributed by atoms with van der Waals surface area (Å²) in [5.41, 5.74) is 0.808. The first kappa shape index (κ1) is 12.2. The number of hydrogen-bond acceptors (Lipinski definition) is 2. The maximum Gasteiger partial charge on any atom is 0.149 e. The van der Waals surface area contributed by atoms with Gasteiger partial charge in [0, 0.05) is 0 Å². The Morgan fingerprint density at radius 1 is 0.933 bits per heavy atom. The van der Waals surface area contributed by atoms with Crippen LogP contribution >= 0.6 is 11.6 Å². The minimum atomic E-state index is -0.633. The van der Waals surface area contributed by atoms with Gasteiger partial charge in [-0.05, 0) is 33.3 Å². The molecule has 0 amide bonds. The van der Waals surface area contributed by atoms with E-state index in [0.717, 1.165) is 5.56 Å². The fourth-order valence-electron chi connectivity index (χ4n) is 1.15. The highest BCUT2D eigenvalue weighted by molar-refractivity contribution is 6.23. The SMILES string of the molecule is CC(C)(Cl)N=NC(C)(C)c1ccccc1. The molecule has 0 radical (unpaired) electrons. The highest BCUT2D eigenvalue weighted by Crippen LogP contribution is 2.27. The van der Waals surface area contributed by atoms with E-state index in [0.29, 0.717) is 0 Å². The van der Waals surface area contributed by atoms with Crippen molar-refractivity contribution >= 4 is 11.6 Å². The fourth-order valence-corrected chi connectivity index (χ4v) is 1.19. The van der Waals surface area contributed by atoms with Gasteiger partial charge >= 0.3 is 0 Å². The Bertz CT molecular complexity index is 336. The molecule has 1 rings (SSSR count). The minimum Gasteiger partial charge on any atom is -0.181 e. The summed E-state index contributed by atoms with van der Waals surface area (Å²) in [4.78, 5) is -0.633. The highest BCUT2D eigenvalue weighted by atomic mass is 35.5. The van der Waals surface area contributed by atoms with Gasteiger partial charge in [-0.3, -0.25) is 0 Å². The predicted molar refractivity (Wildman–Crippen MR) is 64.3 cm³/mol. The van der Waals surface area contributed by atoms with Crippen molar-refractivity contribution in [1.29, 1.82) is 0 Å². The first-order valence-electron chi connectivity index (χ1n) is 5.00. The highest BCUT2D eigenvalue weighted by Gasteiger charge is 2.21. The van der Waals surface area contributed by atoms with E-state index in [9.17, 15) is 0 Å². The smallest absolute Gasteiger partial charge is 0.149 e. The Balaban J connectivity index is 2.90. The van der Waals surface area contributed by atoms with E-state index >= 15 is 0 Å². The van der Waals surface area contributed by atoms with Crippen molar-refractivity contribution in [1.82, 2.24) is 0 Å². The molecule has 0 unspecified atom stereocenters. The summed E-state index contributed by atoms with van der Waals surface area (Å²) < 4.78 is 0. The zero-order valence-electron chi connectivity index (χ0n) is 9.66. The molecule has 0 saturated carbocycles. The van der Waals surface area contributed by atoms with Crippen LogP contribution in [0.1, 0.15) is 33.3 Å². The molecule has 0 aliphatic rings. The Kier molecular flexibility index (Phi) is 3.50. The largest absolute Gasteiger partial charge is 0.181 e. The third kappa shape index (κ3) is 4.00. The maximum absolute atomic E-state index is 5.97. The van der Waals surface area contributed by atoms with Crippen molar-refractivity contribution in [2.75, 3.05) is 0 Å². The molecule has 0 aliphatic carbocycles. The zero-order chi connectivity index (χ0) is 11.5. The van der Waals surface area contributed by atoms with Crippen molar-refractivity contribution < 1.29 is 0 Å². The number of nitrogens with zero attached hydrogens (tertiary/aromatic N) is 2. The van der Waals surface area contributed by atoms with Gasteiger partial charge < -0.3 is 0 Å². The first-order valence-corrected chi connectivity index (χ1v) is 5.37. The van der Waals surface area contributed by atoms with Gasteiger partial charge in [0.1, 0.15) is 10.5 Å². The van der Waals surface area contributed by atoms with Gasteiger partial charge in [0.05, 0.1) is 0 Å². The van der Waals surface area contributed by atoms with Crippen molar-refractivity contribution in [3.8, 4) is 0 Å². The van der Waals surface area contributed by atoms with E-state index in [1.54, 1.807) is 0 Å². The third-order valence-corrected chi connectivity index (χ3v) is 2.09. The van der Waals surface area contributed by atoms with Gasteiger partial charge in [0.25, 0.3) is 0 Å². The average Bonchev–Trinajstić information content (AvgIpc) is 2.16.